The van der Waals surface area contributed by atoms with Crippen molar-refractivity contribution in [3.05, 3.63) is 77.4 Å². The molecule has 26 heavy (non-hydrogen) atoms. The van der Waals surface area contributed by atoms with Crippen LogP contribution in [0.15, 0.2) is 71.8 Å². The quantitative estimate of drug-likeness (QED) is 0.414. The first-order valence-electron chi connectivity index (χ1n) is 8.30. The number of pyridine rings is 1. The third kappa shape index (κ3) is 3.18. The Morgan fingerprint density at radius 1 is 1.00 bits per heavy atom. The SMILES string of the molecule is CSc1ccc(-c2nc3ccc(Cl)cn3c2Nc2ccccc2C)cc1. The predicted octanol–water partition coefficient (Wildman–Crippen LogP) is 6.43. The van der Waals surface area contributed by atoms with Crippen LogP contribution in [0.4, 0.5) is 11.5 Å². The smallest absolute Gasteiger partial charge is 0.143 e. The first-order valence-corrected chi connectivity index (χ1v) is 9.90. The number of imidazole rings is 1. The van der Waals surface area contributed by atoms with Crippen LogP contribution in [0.25, 0.3) is 16.9 Å². The van der Waals surface area contributed by atoms with Gasteiger partial charge in [0.2, 0.25) is 0 Å². The number of nitrogens with one attached hydrogen (secondary N) is 1. The van der Waals surface area contributed by atoms with Gasteiger partial charge in [-0.25, -0.2) is 4.98 Å². The molecule has 0 spiro atoms. The van der Waals surface area contributed by atoms with Crippen molar-refractivity contribution in [1.29, 1.82) is 0 Å². The molecule has 2 aromatic carbocycles. The van der Waals surface area contributed by atoms with Crippen molar-refractivity contribution in [1.82, 2.24) is 9.38 Å². The zero-order valence-electron chi connectivity index (χ0n) is 14.5. The Bertz CT molecular complexity index is 1070. The number of hydrogen-bond acceptors (Lipinski definition) is 3. The molecular formula is C21H18ClN3S. The normalized spacial score (nSPS) is 11.0. The first-order chi connectivity index (χ1) is 12.7. The van der Waals surface area contributed by atoms with Crippen molar-refractivity contribution < 1.29 is 0 Å². The Morgan fingerprint density at radius 3 is 2.50 bits per heavy atom. The van der Waals surface area contributed by atoms with Gasteiger partial charge in [0.25, 0.3) is 0 Å². The second-order valence-electron chi connectivity index (χ2n) is 6.05. The zero-order chi connectivity index (χ0) is 18.1. The van der Waals surface area contributed by atoms with Crippen LogP contribution in [0.1, 0.15) is 5.56 Å². The monoisotopic (exact) mass is 379 g/mol. The van der Waals surface area contributed by atoms with Gasteiger partial charge in [-0.3, -0.25) is 4.40 Å². The average molecular weight is 380 g/mol. The largest absolute Gasteiger partial charge is 0.339 e. The maximum atomic E-state index is 6.24. The minimum absolute atomic E-state index is 0.673. The topological polar surface area (TPSA) is 29.3 Å². The first kappa shape index (κ1) is 17.0. The van der Waals surface area contributed by atoms with Gasteiger partial charge < -0.3 is 5.32 Å². The van der Waals surface area contributed by atoms with Crippen LogP contribution in [0.2, 0.25) is 5.02 Å². The number of anilines is 2. The summed E-state index contributed by atoms with van der Waals surface area (Å²) in [6.07, 6.45) is 3.97. The molecule has 4 aromatic rings. The van der Waals surface area contributed by atoms with E-state index in [1.165, 1.54) is 10.5 Å². The minimum Gasteiger partial charge on any atom is -0.339 e. The second kappa shape index (κ2) is 7.06. The Morgan fingerprint density at radius 2 is 1.77 bits per heavy atom. The summed E-state index contributed by atoms with van der Waals surface area (Å²) in [5.74, 6) is 0.911. The van der Waals surface area contributed by atoms with Crippen LogP contribution >= 0.6 is 23.4 Å². The van der Waals surface area contributed by atoms with Gasteiger partial charge in [-0.15, -0.1) is 11.8 Å². The second-order valence-corrected chi connectivity index (χ2v) is 7.37. The van der Waals surface area contributed by atoms with Crippen LogP contribution in [-0.2, 0) is 0 Å². The Hall–Kier alpha value is -2.43. The summed E-state index contributed by atoms with van der Waals surface area (Å²) < 4.78 is 2.01. The maximum absolute atomic E-state index is 6.24. The van der Waals surface area contributed by atoms with E-state index in [4.69, 9.17) is 16.6 Å². The lowest BCUT2D eigenvalue weighted by Gasteiger charge is -2.11. The van der Waals surface area contributed by atoms with E-state index in [9.17, 15) is 0 Å². The van der Waals surface area contributed by atoms with Crippen molar-refractivity contribution in [2.45, 2.75) is 11.8 Å². The molecule has 0 atom stereocenters. The van der Waals surface area contributed by atoms with E-state index >= 15 is 0 Å². The summed E-state index contributed by atoms with van der Waals surface area (Å²) in [4.78, 5) is 6.07. The van der Waals surface area contributed by atoms with Crippen molar-refractivity contribution in [3.63, 3.8) is 0 Å². The van der Waals surface area contributed by atoms with Gasteiger partial charge in [-0.1, -0.05) is 41.9 Å². The van der Waals surface area contributed by atoms with Gasteiger partial charge in [-0.2, -0.15) is 0 Å². The van der Waals surface area contributed by atoms with Crippen molar-refractivity contribution in [2.24, 2.45) is 0 Å². The maximum Gasteiger partial charge on any atom is 0.143 e. The number of hydrogen-bond donors (Lipinski definition) is 1. The lowest BCUT2D eigenvalue weighted by Crippen LogP contribution is -1.98. The highest BCUT2D eigenvalue weighted by molar-refractivity contribution is 7.98. The van der Waals surface area contributed by atoms with E-state index in [-0.39, 0.29) is 0 Å². The lowest BCUT2D eigenvalue weighted by atomic mass is 10.1. The van der Waals surface area contributed by atoms with Gasteiger partial charge in [0, 0.05) is 22.3 Å². The van der Waals surface area contributed by atoms with Crippen LogP contribution in [0.5, 0.6) is 0 Å². The molecule has 0 fully saturated rings. The van der Waals surface area contributed by atoms with Crippen LogP contribution in [-0.4, -0.2) is 15.6 Å². The fourth-order valence-electron chi connectivity index (χ4n) is 2.93. The Labute approximate surface area is 162 Å². The third-order valence-corrected chi connectivity index (χ3v) is 5.31. The summed E-state index contributed by atoms with van der Waals surface area (Å²) in [5, 5.41) is 4.23. The number of aryl methyl sites for hydroxylation is 1. The molecule has 0 saturated carbocycles. The number of thioether (sulfide) groups is 1. The minimum atomic E-state index is 0.673. The Balaban J connectivity index is 1.89. The number of rotatable bonds is 4. The number of para-hydroxylation sites is 1. The molecule has 1 N–H and O–H groups in total. The van der Waals surface area contributed by atoms with Gasteiger partial charge in [0.15, 0.2) is 0 Å². The molecule has 0 bridgehead atoms. The Kier molecular flexibility index (Phi) is 4.62. The molecule has 4 rings (SSSR count). The molecule has 2 heterocycles. The van der Waals surface area contributed by atoms with E-state index in [0.717, 1.165) is 28.4 Å². The highest BCUT2D eigenvalue weighted by Gasteiger charge is 2.15. The molecule has 0 aliphatic heterocycles. The van der Waals surface area contributed by atoms with Gasteiger partial charge >= 0.3 is 0 Å². The van der Waals surface area contributed by atoms with E-state index < -0.39 is 0 Å². The third-order valence-electron chi connectivity index (χ3n) is 4.34. The summed E-state index contributed by atoms with van der Waals surface area (Å²) >= 11 is 7.97. The number of fused-ring (bicyclic) bond motifs is 1. The van der Waals surface area contributed by atoms with Gasteiger partial charge in [0.05, 0.1) is 5.02 Å². The number of benzene rings is 2. The molecule has 2 aromatic heterocycles. The van der Waals surface area contributed by atoms with Gasteiger partial charge in [0.1, 0.15) is 17.2 Å². The summed E-state index contributed by atoms with van der Waals surface area (Å²) in [5.41, 5.74) is 5.06. The number of halogens is 1. The zero-order valence-corrected chi connectivity index (χ0v) is 16.1. The summed E-state index contributed by atoms with van der Waals surface area (Å²) in [6.45, 7) is 2.09. The van der Waals surface area contributed by atoms with E-state index in [1.54, 1.807) is 11.8 Å². The standard InChI is InChI=1S/C21H18ClN3S/c1-14-5-3-4-6-18(14)23-21-20(15-7-10-17(26-2)11-8-15)24-19-12-9-16(22)13-25(19)21/h3-13,23H,1-2H3. The fraction of sp³-hybridized carbons (Fsp3) is 0.0952. The fourth-order valence-corrected chi connectivity index (χ4v) is 3.50. The van der Waals surface area contributed by atoms with E-state index in [1.807, 2.05) is 34.9 Å². The molecule has 3 nitrogen and oxygen atoms in total. The molecule has 5 heteroatoms. The van der Waals surface area contributed by atoms with E-state index in [2.05, 4.69) is 54.9 Å². The number of aromatic nitrogens is 2. The molecule has 130 valence electrons. The lowest BCUT2D eigenvalue weighted by molar-refractivity contribution is 1.18. The van der Waals surface area contributed by atoms with Gasteiger partial charge in [-0.05, 0) is 49.1 Å². The van der Waals surface area contributed by atoms with Crippen molar-refractivity contribution >= 4 is 40.5 Å². The molecule has 0 amide bonds. The van der Waals surface area contributed by atoms with E-state index in [0.29, 0.717) is 5.02 Å². The summed E-state index contributed by atoms with van der Waals surface area (Å²) in [6, 6.07) is 20.5. The number of nitrogens with zero attached hydrogens (tertiary/aromatic N) is 2. The molecule has 0 aliphatic rings. The van der Waals surface area contributed by atoms with Crippen LogP contribution in [0, 0.1) is 6.92 Å². The predicted molar refractivity (Wildman–Crippen MR) is 112 cm³/mol. The highest BCUT2D eigenvalue weighted by atomic mass is 35.5. The molecule has 0 saturated heterocycles. The molecule has 0 unspecified atom stereocenters. The average Bonchev–Trinajstić information content (AvgIpc) is 3.01. The van der Waals surface area contributed by atoms with Crippen LogP contribution < -0.4 is 5.32 Å². The van der Waals surface area contributed by atoms with Crippen molar-refractivity contribution in [2.75, 3.05) is 11.6 Å². The van der Waals surface area contributed by atoms with Crippen molar-refractivity contribution in [3.8, 4) is 11.3 Å². The molecule has 0 aliphatic carbocycles. The molecular weight excluding hydrogens is 362 g/mol. The molecule has 0 radical (unpaired) electrons. The van der Waals surface area contributed by atoms with Crippen LogP contribution in [0.3, 0.4) is 0 Å². The summed E-state index contributed by atoms with van der Waals surface area (Å²) in [7, 11) is 0. The highest BCUT2D eigenvalue weighted by Crippen LogP contribution is 2.33.